The Morgan fingerprint density at radius 1 is 1.00 bits per heavy atom. The summed E-state index contributed by atoms with van der Waals surface area (Å²) in [5, 5.41) is 2.86. The Labute approximate surface area is 204 Å². The minimum Gasteiger partial charge on any atom is -0.342 e. The van der Waals surface area contributed by atoms with Crippen molar-refractivity contribution in [3.63, 3.8) is 0 Å². The fraction of sp³-hybridized carbons (Fsp3) is 0.680. The van der Waals surface area contributed by atoms with E-state index >= 15 is 0 Å². The van der Waals surface area contributed by atoms with Crippen molar-refractivity contribution in [1.82, 2.24) is 14.1 Å². The van der Waals surface area contributed by atoms with Crippen molar-refractivity contribution in [2.45, 2.75) is 64.2 Å². The minimum absolute atomic E-state index is 0.0577. The number of nitrogens with one attached hydrogen (secondary N) is 1. The van der Waals surface area contributed by atoms with E-state index in [1.54, 1.807) is 25.1 Å². The predicted molar refractivity (Wildman–Crippen MR) is 134 cm³/mol. The summed E-state index contributed by atoms with van der Waals surface area (Å²) in [5.41, 5.74) is 1.13. The van der Waals surface area contributed by atoms with E-state index in [2.05, 4.69) is 10.2 Å². The lowest BCUT2D eigenvalue weighted by Gasteiger charge is -2.33. The van der Waals surface area contributed by atoms with Crippen molar-refractivity contribution in [1.29, 1.82) is 0 Å². The highest BCUT2D eigenvalue weighted by atomic mass is 32.2. The number of piperidine rings is 1. The molecule has 2 heterocycles. The van der Waals surface area contributed by atoms with Crippen LogP contribution in [0.15, 0.2) is 23.1 Å². The third-order valence-corrected chi connectivity index (χ3v) is 9.21. The molecule has 2 saturated heterocycles. The number of hydrogen-bond acceptors (Lipinski definition) is 5. The third-order valence-electron chi connectivity index (χ3n) is 7.02. The van der Waals surface area contributed by atoms with Crippen LogP contribution < -0.4 is 5.32 Å². The Bertz CT molecular complexity index is 946. The molecule has 0 aliphatic carbocycles. The molecule has 0 bridgehead atoms. The van der Waals surface area contributed by atoms with E-state index in [0.717, 1.165) is 38.8 Å². The van der Waals surface area contributed by atoms with Gasteiger partial charge in [0.15, 0.2) is 0 Å². The van der Waals surface area contributed by atoms with Gasteiger partial charge in [-0.3, -0.25) is 14.5 Å². The molecule has 2 aliphatic rings. The monoisotopic (exact) mass is 492 g/mol. The Morgan fingerprint density at radius 3 is 2.21 bits per heavy atom. The maximum Gasteiger partial charge on any atom is 0.243 e. The predicted octanol–water partition coefficient (Wildman–Crippen LogP) is 3.08. The molecule has 0 saturated carbocycles. The fourth-order valence-corrected chi connectivity index (χ4v) is 6.66. The molecule has 0 atom stereocenters. The maximum absolute atomic E-state index is 13.0. The highest BCUT2D eigenvalue weighted by Crippen LogP contribution is 2.24. The summed E-state index contributed by atoms with van der Waals surface area (Å²) in [7, 11) is -3.61. The molecule has 0 aromatic heterocycles. The smallest absolute Gasteiger partial charge is 0.243 e. The lowest BCUT2D eigenvalue weighted by Crippen LogP contribution is -2.44. The maximum atomic E-state index is 13.0. The topological polar surface area (TPSA) is 90.0 Å². The number of hydrogen-bond donors (Lipinski definition) is 1. The fourth-order valence-electron chi connectivity index (χ4n) is 4.95. The van der Waals surface area contributed by atoms with E-state index in [-0.39, 0.29) is 29.2 Å². The summed E-state index contributed by atoms with van der Waals surface area (Å²) in [5.74, 6) is 0.169. The van der Waals surface area contributed by atoms with E-state index in [0.29, 0.717) is 37.4 Å². The molecule has 9 heteroatoms. The van der Waals surface area contributed by atoms with Crippen LogP contribution in [0.25, 0.3) is 0 Å². The second-order valence-electron chi connectivity index (χ2n) is 9.41. The first kappa shape index (κ1) is 26.6. The Kier molecular flexibility index (Phi) is 9.50. The first-order valence-corrected chi connectivity index (χ1v) is 14.1. The van der Waals surface area contributed by atoms with Gasteiger partial charge in [-0.25, -0.2) is 8.42 Å². The molecule has 2 amide bonds. The van der Waals surface area contributed by atoms with Crippen molar-refractivity contribution in [2.75, 3.05) is 51.1 Å². The normalized spacial score (nSPS) is 18.6. The Morgan fingerprint density at radius 2 is 1.62 bits per heavy atom. The van der Waals surface area contributed by atoms with Gasteiger partial charge in [0, 0.05) is 37.8 Å². The summed E-state index contributed by atoms with van der Waals surface area (Å²) >= 11 is 0. The van der Waals surface area contributed by atoms with Gasteiger partial charge in [-0.15, -0.1) is 0 Å². The molecule has 8 nitrogen and oxygen atoms in total. The van der Waals surface area contributed by atoms with Gasteiger partial charge < -0.3 is 10.2 Å². The number of sulfonamides is 1. The molecule has 2 fully saturated rings. The van der Waals surface area contributed by atoms with Crippen LogP contribution in [0.1, 0.15) is 57.9 Å². The van der Waals surface area contributed by atoms with Gasteiger partial charge in [-0.1, -0.05) is 32.8 Å². The van der Waals surface area contributed by atoms with Crippen LogP contribution in [0.3, 0.4) is 0 Å². The second kappa shape index (κ2) is 12.1. The molecule has 0 radical (unpaired) electrons. The summed E-state index contributed by atoms with van der Waals surface area (Å²) in [6.07, 6.45) is 6.17. The van der Waals surface area contributed by atoms with Crippen molar-refractivity contribution in [2.24, 2.45) is 5.92 Å². The quantitative estimate of drug-likeness (QED) is 0.602. The molecular formula is C25H40N4O4S. The van der Waals surface area contributed by atoms with Crippen LogP contribution in [0, 0.1) is 12.8 Å². The Hall–Kier alpha value is -1.97. The molecule has 3 rings (SSSR count). The van der Waals surface area contributed by atoms with Crippen LogP contribution in [0.2, 0.25) is 0 Å². The average Bonchev–Trinajstić information content (AvgIpc) is 3.10. The second-order valence-corrected chi connectivity index (χ2v) is 11.3. The molecule has 34 heavy (non-hydrogen) atoms. The number of anilines is 1. The lowest BCUT2D eigenvalue weighted by atomic mass is 9.95. The molecule has 0 spiro atoms. The lowest BCUT2D eigenvalue weighted by molar-refractivity contribution is -0.137. The third kappa shape index (κ3) is 6.58. The molecule has 1 N–H and O–H groups in total. The SMILES string of the molecule is CCN(CC)S(=O)(=O)c1cc(NC(=O)CN2CCC(C(=O)N3CCCCCC3)CC2)ccc1C. The number of rotatable bonds is 8. The van der Waals surface area contributed by atoms with Crippen molar-refractivity contribution in [3.8, 4) is 0 Å². The molecule has 2 aliphatic heterocycles. The van der Waals surface area contributed by atoms with Crippen LogP contribution in [-0.4, -0.2) is 80.2 Å². The van der Waals surface area contributed by atoms with E-state index in [1.165, 1.54) is 17.1 Å². The molecule has 1 aromatic rings. The first-order valence-electron chi connectivity index (χ1n) is 12.7. The number of carbonyl (C=O) groups excluding carboxylic acids is 2. The molecular weight excluding hydrogens is 452 g/mol. The summed E-state index contributed by atoms with van der Waals surface area (Å²) in [4.78, 5) is 29.9. The van der Waals surface area contributed by atoms with Crippen LogP contribution >= 0.6 is 0 Å². The molecule has 190 valence electrons. The van der Waals surface area contributed by atoms with Crippen molar-refractivity contribution in [3.05, 3.63) is 23.8 Å². The zero-order valence-electron chi connectivity index (χ0n) is 20.9. The van der Waals surface area contributed by atoms with Gasteiger partial charge in [0.25, 0.3) is 0 Å². The van der Waals surface area contributed by atoms with E-state index in [9.17, 15) is 18.0 Å². The average molecular weight is 493 g/mol. The van der Waals surface area contributed by atoms with Gasteiger partial charge in [0.05, 0.1) is 11.4 Å². The highest BCUT2D eigenvalue weighted by molar-refractivity contribution is 7.89. The van der Waals surface area contributed by atoms with Gasteiger partial charge >= 0.3 is 0 Å². The standard InChI is InChI=1S/C25H40N4O4S/c1-4-29(5-2)34(32,33)23-18-22(11-10-20(23)3)26-24(30)19-27-16-12-21(13-17-27)25(31)28-14-8-6-7-9-15-28/h10-11,18,21H,4-9,12-17,19H2,1-3H3,(H,26,30). The van der Waals surface area contributed by atoms with Crippen molar-refractivity contribution >= 4 is 27.5 Å². The van der Waals surface area contributed by atoms with Crippen molar-refractivity contribution < 1.29 is 18.0 Å². The number of aryl methyl sites for hydroxylation is 1. The van der Waals surface area contributed by atoms with Gasteiger partial charge in [0.1, 0.15) is 0 Å². The summed E-state index contributed by atoms with van der Waals surface area (Å²) < 4.78 is 27.3. The number of carbonyl (C=O) groups is 2. The van der Waals surface area contributed by atoms with Crippen LogP contribution in [0.5, 0.6) is 0 Å². The zero-order valence-corrected chi connectivity index (χ0v) is 21.7. The van der Waals surface area contributed by atoms with Gasteiger partial charge in [-0.05, 0) is 63.4 Å². The van der Waals surface area contributed by atoms with E-state index in [4.69, 9.17) is 0 Å². The Balaban J connectivity index is 1.54. The van der Waals surface area contributed by atoms with Crippen LogP contribution in [0.4, 0.5) is 5.69 Å². The number of amides is 2. The minimum atomic E-state index is -3.61. The van der Waals surface area contributed by atoms with Gasteiger partial charge in [0.2, 0.25) is 21.8 Å². The van der Waals surface area contributed by atoms with E-state index < -0.39 is 10.0 Å². The zero-order chi connectivity index (χ0) is 24.7. The number of benzene rings is 1. The first-order chi connectivity index (χ1) is 16.3. The van der Waals surface area contributed by atoms with Gasteiger partial charge in [-0.2, -0.15) is 4.31 Å². The van der Waals surface area contributed by atoms with E-state index in [1.807, 2.05) is 18.7 Å². The molecule has 1 aromatic carbocycles. The summed E-state index contributed by atoms with van der Waals surface area (Å²) in [6.45, 7) is 9.60. The number of nitrogens with zero attached hydrogens (tertiary/aromatic N) is 3. The van der Waals surface area contributed by atoms with Crippen LogP contribution in [-0.2, 0) is 19.6 Å². The largest absolute Gasteiger partial charge is 0.342 e. The number of likely N-dealkylation sites (tertiary alicyclic amines) is 2. The molecule has 0 unspecified atom stereocenters. The highest BCUT2D eigenvalue weighted by Gasteiger charge is 2.29. The summed E-state index contributed by atoms with van der Waals surface area (Å²) in [6, 6.07) is 5.01.